The van der Waals surface area contributed by atoms with Crippen molar-refractivity contribution in [2.24, 2.45) is 0 Å². The van der Waals surface area contributed by atoms with Crippen molar-refractivity contribution in [1.82, 2.24) is 0 Å². The van der Waals surface area contributed by atoms with Gasteiger partial charge >= 0.3 is 0 Å². The SMILES string of the molecule is CC(=O)c1ccc2c(c1)C(=O)C(C(=O)c1ccccc1)O2. The van der Waals surface area contributed by atoms with E-state index in [4.69, 9.17) is 4.74 Å². The van der Waals surface area contributed by atoms with E-state index in [0.29, 0.717) is 16.9 Å². The van der Waals surface area contributed by atoms with Crippen LogP contribution in [0.1, 0.15) is 38.0 Å². The van der Waals surface area contributed by atoms with Gasteiger partial charge in [0.15, 0.2) is 5.78 Å². The molecular formula is C17H12O4. The Labute approximate surface area is 121 Å². The van der Waals surface area contributed by atoms with Gasteiger partial charge in [0.2, 0.25) is 17.7 Å². The van der Waals surface area contributed by atoms with E-state index in [1.807, 2.05) is 0 Å². The molecule has 2 aromatic rings. The zero-order valence-corrected chi connectivity index (χ0v) is 11.3. The minimum absolute atomic E-state index is 0.136. The molecule has 0 aromatic heterocycles. The summed E-state index contributed by atoms with van der Waals surface area (Å²) < 4.78 is 5.46. The lowest BCUT2D eigenvalue weighted by atomic mass is 9.99. The smallest absolute Gasteiger partial charge is 0.224 e. The first-order chi connectivity index (χ1) is 10.1. The van der Waals surface area contributed by atoms with Crippen molar-refractivity contribution in [2.45, 2.75) is 13.0 Å². The summed E-state index contributed by atoms with van der Waals surface area (Å²) in [5.41, 5.74) is 1.14. The minimum atomic E-state index is -1.16. The topological polar surface area (TPSA) is 60.4 Å². The number of carbonyl (C=O) groups is 3. The Hall–Kier alpha value is -2.75. The highest BCUT2D eigenvalue weighted by atomic mass is 16.5. The van der Waals surface area contributed by atoms with Crippen molar-refractivity contribution in [1.29, 1.82) is 0 Å². The maximum absolute atomic E-state index is 12.3. The molecule has 0 amide bonds. The molecular weight excluding hydrogens is 268 g/mol. The highest BCUT2D eigenvalue weighted by molar-refractivity contribution is 6.21. The summed E-state index contributed by atoms with van der Waals surface area (Å²) in [5, 5.41) is 0. The summed E-state index contributed by atoms with van der Waals surface area (Å²) >= 11 is 0. The maximum Gasteiger partial charge on any atom is 0.224 e. The van der Waals surface area contributed by atoms with E-state index in [-0.39, 0.29) is 17.1 Å². The van der Waals surface area contributed by atoms with Crippen LogP contribution in [0, 0.1) is 0 Å². The van der Waals surface area contributed by atoms with Gasteiger partial charge in [-0.1, -0.05) is 30.3 Å². The van der Waals surface area contributed by atoms with Gasteiger partial charge in [0.05, 0.1) is 5.56 Å². The zero-order chi connectivity index (χ0) is 15.0. The maximum atomic E-state index is 12.3. The first-order valence-corrected chi connectivity index (χ1v) is 6.53. The van der Waals surface area contributed by atoms with E-state index >= 15 is 0 Å². The Kier molecular flexibility index (Phi) is 3.14. The Morgan fingerprint density at radius 3 is 2.38 bits per heavy atom. The van der Waals surface area contributed by atoms with Gasteiger partial charge in [0.25, 0.3) is 0 Å². The number of fused-ring (bicyclic) bond motifs is 1. The average Bonchev–Trinajstić information content (AvgIpc) is 2.84. The molecule has 1 aliphatic rings. The molecule has 0 spiro atoms. The van der Waals surface area contributed by atoms with Crippen LogP contribution in [-0.4, -0.2) is 23.5 Å². The summed E-state index contributed by atoms with van der Waals surface area (Å²) in [7, 11) is 0. The van der Waals surface area contributed by atoms with E-state index in [1.165, 1.54) is 13.0 Å². The first kappa shape index (κ1) is 13.2. The van der Waals surface area contributed by atoms with Crippen LogP contribution in [0.15, 0.2) is 48.5 Å². The number of benzene rings is 2. The van der Waals surface area contributed by atoms with Crippen LogP contribution in [0.5, 0.6) is 5.75 Å². The number of Topliss-reactive ketones (excluding diaryl/α,β-unsaturated/α-hetero) is 3. The van der Waals surface area contributed by atoms with Gasteiger partial charge in [-0.15, -0.1) is 0 Å². The number of ketones is 3. The van der Waals surface area contributed by atoms with Gasteiger partial charge < -0.3 is 4.74 Å². The van der Waals surface area contributed by atoms with Gasteiger partial charge in [-0.05, 0) is 25.1 Å². The van der Waals surface area contributed by atoms with Gasteiger partial charge in [-0.2, -0.15) is 0 Å². The van der Waals surface area contributed by atoms with Crippen molar-refractivity contribution < 1.29 is 19.1 Å². The second kappa shape index (κ2) is 4.98. The molecule has 104 valence electrons. The summed E-state index contributed by atoms with van der Waals surface area (Å²) in [6.45, 7) is 1.43. The highest BCUT2D eigenvalue weighted by Crippen LogP contribution is 2.31. The third-order valence-electron chi connectivity index (χ3n) is 3.43. The fourth-order valence-electron chi connectivity index (χ4n) is 2.29. The number of ether oxygens (including phenoxy) is 1. The Balaban J connectivity index is 1.94. The monoisotopic (exact) mass is 280 g/mol. The van der Waals surface area contributed by atoms with Crippen LogP contribution in [-0.2, 0) is 0 Å². The normalized spacial score (nSPS) is 16.2. The molecule has 0 saturated heterocycles. The van der Waals surface area contributed by atoms with Crippen LogP contribution in [0.4, 0.5) is 0 Å². The average molecular weight is 280 g/mol. The predicted molar refractivity (Wildman–Crippen MR) is 76.0 cm³/mol. The molecule has 0 fully saturated rings. The molecule has 2 aromatic carbocycles. The largest absolute Gasteiger partial charge is 0.473 e. The Bertz CT molecular complexity index is 747. The van der Waals surface area contributed by atoms with Crippen molar-refractivity contribution >= 4 is 17.3 Å². The van der Waals surface area contributed by atoms with Crippen LogP contribution >= 0.6 is 0 Å². The van der Waals surface area contributed by atoms with Crippen LogP contribution in [0.2, 0.25) is 0 Å². The van der Waals surface area contributed by atoms with Gasteiger partial charge in [0.1, 0.15) is 5.75 Å². The lowest BCUT2D eigenvalue weighted by Gasteiger charge is -2.07. The lowest BCUT2D eigenvalue weighted by Crippen LogP contribution is -2.30. The summed E-state index contributed by atoms with van der Waals surface area (Å²) in [5.74, 6) is -0.564. The fourth-order valence-corrected chi connectivity index (χ4v) is 2.29. The van der Waals surface area contributed by atoms with Gasteiger partial charge in [-0.25, -0.2) is 0 Å². The molecule has 4 heteroatoms. The third kappa shape index (κ3) is 2.25. The molecule has 1 atom stereocenters. The molecule has 1 unspecified atom stereocenters. The number of hydrogen-bond donors (Lipinski definition) is 0. The molecule has 1 aliphatic heterocycles. The summed E-state index contributed by atoms with van der Waals surface area (Å²) in [4.78, 5) is 36.0. The second-order valence-electron chi connectivity index (χ2n) is 4.86. The Morgan fingerprint density at radius 2 is 1.71 bits per heavy atom. The molecule has 1 heterocycles. The van der Waals surface area contributed by atoms with Crippen molar-refractivity contribution in [3.05, 3.63) is 65.2 Å². The number of hydrogen-bond acceptors (Lipinski definition) is 4. The van der Waals surface area contributed by atoms with E-state index in [0.717, 1.165) is 0 Å². The lowest BCUT2D eigenvalue weighted by molar-refractivity contribution is 0.0720. The number of rotatable bonds is 3. The molecule has 0 N–H and O–H groups in total. The molecule has 0 saturated carbocycles. The fraction of sp³-hybridized carbons (Fsp3) is 0.118. The number of carbonyl (C=O) groups excluding carboxylic acids is 3. The predicted octanol–water partition coefficient (Wildman–Crippen LogP) is 2.72. The van der Waals surface area contributed by atoms with E-state index in [2.05, 4.69) is 0 Å². The second-order valence-corrected chi connectivity index (χ2v) is 4.86. The summed E-state index contributed by atoms with van der Waals surface area (Å²) in [6.07, 6.45) is -1.16. The van der Waals surface area contributed by atoms with Crippen LogP contribution in [0.25, 0.3) is 0 Å². The first-order valence-electron chi connectivity index (χ1n) is 6.53. The van der Waals surface area contributed by atoms with Crippen molar-refractivity contribution in [2.75, 3.05) is 0 Å². The molecule has 0 radical (unpaired) electrons. The van der Waals surface area contributed by atoms with Crippen molar-refractivity contribution in [3.63, 3.8) is 0 Å². The van der Waals surface area contributed by atoms with Crippen molar-refractivity contribution in [3.8, 4) is 5.75 Å². The van der Waals surface area contributed by atoms with Gasteiger partial charge in [0, 0.05) is 11.1 Å². The van der Waals surface area contributed by atoms with E-state index in [1.54, 1.807) is 42.5 Å². The molecule has 3 rings (SSSR count). The quantitative estimate of drug-likeness (QED) is 0.640. The standard InChI is InChI=1S/C17H12O4/c1-10(18)12-7-8-14-13(9-12)16(20)17(21-14)15(19)11-5-3-2-4-6-11/h2-9,17H,1H3. The molecule has 0 aliphatic carbocycles. The van der Waals surface area contributed by atoms with Crippen LogP contribution in [0.3, 0.4) is 0 Å². The van der Waals surface area contributed by atoms with E-state index < -0.39 is 11.9 Å². The minimum Gasteiger partial charge on any atom is -0.473 e. The molecule has 4 nitrogen and oxygen atoms in total. The Morgan fingerprint density at radius 1 is 1.00 bits per heavy atom. The van der Waals surface area contributed by atoms with Crippen LogP contribution < -0.4 is 4.74 Å². The highest BCUT2D eigenvalue weighted by Gasteiger charge is 2.38. The zero-order valence-electron chi connectivity index (χ0n) is 11.3. The third-order valence-corrected chi connectivity index (χ3v) is 3.43. The summed E-state index contributed by atoms with van der Waals surface area (Å²) in [6, 6.07) is 13.2. The van der Waals surface area contributed by atoms with Gasteiger partial charge in [-0.3, -0.25) is 14.4 Å². The molecule has 21 heavy (non-hydrogen) atoms. The van der Waals surface area contributed by atoms with E-state index in [9.17, 15) is 14.4 Å². The molecule has 0 bridgehead atoms.